The zero-order chi connectivity index (χ0) is 13.1. The SMILES string of the molecule is OC(CCC1CCCCC1)c1cc2ccccc2o1. The number of hydrogen-bond acceptors (Lipinski definition) is 2. The second-order valence-electron chi connectivity index (χ2n) is 5.78. The molecule has 1 aromatic heterocycles. The Bertz CT molecular complexity index is 490. The van der Waals surface area contributed by atoms with Gasteiger partial charge in [0.15, 0.2) is 0 Å². The van der Waals surface area contributed by atoms with Crippen LogP contribution < -0.4 is 0 Å². The molecule has 1 aliphatic rings. The number of para-hydroxylation sites is 1. The van der Waals surface area contributed by atoms with Crippen LogP contribution in [0.15, 0.2) is 34.7 Å². The van der Waals surface area contributed by atoms with E-state index in [9.17, 15) is 5.11 Å². The lowest BCUT2D eigenvalue weighted by Crippen LogP contribution is -2.08. The van der Waals surface area contributed by atoms with Crippen LogP contribution in [0.25, 0.3) is 11.0 Å². The molecule has 1 N–H and O–H groups in total. The molecule has 1 aromatic carbocycles. The van der Waals surface area contributed by atoms with Crippen LogP contribution in [0.3, 0.4) is 0 Å². The summed E-state index contributed by atoms with van der Waals surface area (Å²) in [6.45, 7) is 0. The summed E-state index contributed by atoms with van der Waals surface area (Å²) in [5.41, 5.74) is 0.870. The van der Waals surface area contributed by atoms with Gasteiger partial charge in [-0.15, -0.1) is 0 Å². The van der Waals surface area contributed by atoms with E-state index in [2.05, 4.69) is 0 Å². The Morgan fingerprint density at radius 1 is 1.16 bits per heavy atom. The number of aliphatic hydroxyl groups excluding tert-OH is 1. The lowest BCUT2D eigenvalue weighted by atomic mass is 9.85. The molecule has 0 radical (unpaired) electrons. The fourth-order valence-corrected chi connectivity index (χ4v) is 3.18. The number of rotatable bonds is 4. The first kappa shape index (κ1) is 12.7. The van der Waals surface area contributed by atoms with E-state index >= 15 is 0 Å². The minimum atomic E-state index is -0.450. The molecule has 1 atom stereocenters. The Hall–Kier alpha value is -1.28. The molecule has 1 heterocycles. The number of benzene rings is 1. The summed E-state index contributed by atoms with van der Waals surface area (Å²) in [7, 11) is 0. The van der Waals surface area contributed by atoms with Gasteiger partial charge in [-0.2, -0.15) is 0 Å². The fraction of sp³-hybridized carbons (Fsp3) is 0.529. The first-order valence-corrected chi connectivity index (χ1v) is 7.49. The highest BCUT2D eigenvalue weighted by Gasteiger charge is 2.18. The maximum atomic E-state index is 10.3. The predicted octanol–water partition coefficient (Wildman–Crippen LogP) is 4.83. The second kappa shape index (κ2) is 5.79. The van der Waals surface area contributed by atoms with Gasteiger partial charge in [-0.3, -0.25) is 0 Å². The van der Waals surface area contributed by atoms with Crippen LogP contribution in [0.1, 0.15) is 56.8 Å². The van der Waals surface area contributed by atoms with Gasteiger partial charge in [-0.1, -0.05) is 50.3 Å². The van der Waals surface area contributed by atoms with Gasteiger partial charge in [0, 0.05) is 5.39 Å². The Labute approximate surface area is 114 Å². The third-order valence-electron chi connectivity index (χ3n) is 4.35. The number of fused-ring (bicyclic) bond motifs is 1. The maximum absolute atomic E-state index is 10.3. The Kier molecular flexibility index (Phi) is 3.88. The van der Waals surface area contributed by atoms with Crippen molar-refractivity contribution < 1.29 is 9.52 Å². The average molecular weight is 258 g/mol. The summed E-state index contributed by atoms with van der Waals surface area (Å²) in [5.74, 6) is 1.53. The molecule has 0 amide bonds. The van der Waals surface area contributed by atoms with Gasteiger partial charge in [-0.25, -0.2) is 0 Å². The molecule has 0 bridgehead atoms. The van der Waals surface area contributed by atoms with Crippen molar-refractivity contribution >= 4 is 11.0 Å². The Balaban J connectivity index is 1.61. The maximum Gasteiger partial charge on any atom is 0.134 e. The van der Waals surface area contributed by atoms with E-state index in [4.69, 9.17) is 4.42 Å². The summed E-state index contributed by atoms with van der Waals surface area (Å²) < 4.78 is 5.72. The molecule has 19 heavy (non-hydrogen) atoms. The van der Waals surface area contributed by atoms with Gasteiger partial charge in [0.1, 0.15) is 17.4 Å². The van der Waals surface area contributed by atoms with Crippen molar-refractivity contribution in [3.63, 3.8) is 0 Å². The van der Waals surface area contributed by atoms with E-state index in [0.717, 1.165) is 35.5 Å². The fourth-order valence-electron chi connectivity index (χ4n) is 3.18. The van der Waals surface area contributed by atoms with E-state index < -0.39 is 6.10 Å². The van der Waals surface area contributed by atoms with Crippen LogP contribution in [0.5, 0.6) is 0 Å². The zero-order valence-electron chi connectivity index (χ0n) is 11.3. The zero-order valence-corrected chi connectivity index (χ0v) is 11.3. The molecule has 3 rings (SSSR count). The summed E-state index contributed by atoms with van der Waals surface area (Å²) in [6, 6.07) is 9.91. The normalized spacial score (nSPS) is 18.8. The lowest BCUT2D eigenvalue weighted by molar-refractivity contribution is 0.129. The van der Waals surface area contributed by atoms with Crippen LogP contribution in [-0.2, 0) is 0 Å². The Morgan fingerprint density at radius 2 is 1.95 bits per heavy atom. The molecule has 0 saturated heterocycles. The third kappa shape index (κ3) is 3.01. The molecule has 1 aliphatic carbocycles. The van der Waals surface area contributed by atoms with Crippen molar-refractivity contribution in [2.24, 2.45) is 5.92 Å². The molecule has 1 fully saturated rings. The van der Waals surface area contributed by atoms with Gasteiger partial charge in [-0.05, 0) is 30.9 Å². The topological polar surface area (TPSA) is 33.4 Å². The molecule has 0 aliphatic heterocycles. The van der Waals surface area contributed by atoms with Crippen LogP contribution in [0, 0.1) is 5.92 Å². The van der Waals surface area contributed by atoms with Gasteiger partial charge in [0.05, 0.1) is 0 Å². The van der Waals surface area contributed by atoms with Gasteiger partial charge < -0.3 is 9.52 Å². The molecule has 102 valence electrons. The van der Waals surface area contributed by atoms with Crippen LogP contribution in [0.2, 0.25) is 0 Å². The molecule has 2 heteroatoms. The molecule has 0 spiro atoms. The van der Waals surface area contributed by atoms with Gasteiger partial charge in [0.2, 0.25) is 0 Å². The monoisotopic (exact) mass is 258 g/mol. The Morgan fingerprint density at radius 3 is 2.74 bits per heavy atom. The van der Waals surface area contributed by atoms with Crippen molar-refractivity contribution in [1.82, 2.24) is 0 Å². The highest BCUT2D eigenvalue weighted by Crippen LogP contribution is 2.32. The van der Waals surface area contributed by atoms with Crippen LogP contribution in [-0.4, -0.2) is 5.11 Å². The van der Waals surface area contributed by atoms with Gasteiger partial charge >= 0.3 is 0 Å². The highest BCUT2D eigenvalue weighted by molar-refractivity contribution is 5.77. The summed E-state index contributed by atoms with van der Waals surface area (Å²) in [4.78, 5) is 0. The molecule has 2 aromatic rings. The number of hydrogen-bond donors (Lipinski definition) is 1. The second-order valence-corrected chi connectivity index (χ2v) is 5.78. The highest BCUT2D eigenvalue weighted by atomic mass is 16.4. The molecule has 2 nitrogen and oxygen atoms in total. The van der Waals surface area contributed by atoms with E-state index in [1.54, 1.807) is 0 Å². The van der Waals surface area contributed by atoms with E-state index in [1.807, 2.05) is 30.3 Å². The first-order chi connectivity index (χ1) is 9.33. The van der Waals surface area contributed by atoms with E-state index in [-0.39, 0.29) is 0 Å². The minimum absolute atomic E-state index is 0.450. The number of aliphatic hydroxyl groups is 1. The van der Waals surface area contributed by atoms with Crippen molar-refractivity contribution in [2.75, 3.05) is 0 Å². The molecule has 1 saturated carbocycles. The lowest BCUT2D eigenvalue weighted by Gasteiger charge is -2.22. The summed E-state index contributed by atoms with van der Waals surface area (Å²) in [6.07, 6.45) is 8.30. The van der Waals surface area contributed by atoms with Crippen molar-refractivity contribution in [3.05, 3.63) is 36.1 Å². The van der Waals surface area contributed by atoms with Crippen molar-refractivity contribution in [2.45, 2.75) is 51.0 Å². The van der Waals surface area contributed by atoms with E-state index in [1.165, 1.54) is 32.1 Å². The smallest absolute Gasteiger partial charge is 0.134 e. The first-order valence-electron chi connectivity index (χ1n) is 7.49. The van der Waals surface area contributed by atoms with Crippen LogP contribution in [0.4, 0.5) is 0 Å². The third-order valence-corrected chi connectivity index (χ3v) is 4.35. The van der Waals surface area contributed by atoms with Crippen molar-refractivity contribution in [1.29, 1.82) is 0 Å². The molecule has 1 unspecified atom stereocenters. The summed E-state index contributed by atoms with van der Waals surface area (Å²) in [5, 5.41) is 11.3. The van der Waals surface area contributed by atoms with Crippen LogP contribution >= 0.6 is 0 Å². The van der Waals surface area contributed by atoms with Gasteiger partial charge in [0.25, 0.3) is 0 Å². The molecular formula is C17H22O2. The average Bonchev–Trinajstić information content (AvgIpc) is 2.90. The predicted molar refractivity (Wildman–Crippen MR) is 77.0 cm³/mol. The quantitative estimate of drug-likeness (QED) is 0.852. The summed E-state index contributed by atoms with van der Waals surface area (Å²) >= 11 is 0. The standard InChI is InChI=1S/C17H22O2/c18-15(11-10-13-6-2-1-3-7-13)17-12-14-8-4-5-9-16(14)19-17/h4-5,8-9,12-13,15,18H,1-3,6-7,10-11H2. The molecular weight excluding hydrogens is 236 g/mol. The number of furan rings is 1. The minimum Gasteiger partial charge on any atom is -0.458 e. The van der Waals surface area contributed by atoms with Crippen molar-refractivity contribution in [3.8, 4) is 0 Å². The van der Waals surface area contributed by atoms with E-state index in [0.29, 0.717) is 0 Å². The largest absolute Gasteiger partial charge is 0.458 e.